The van der Waals surface area contributed by atoms with Gasteiger partial charge in [-0.2, -0.15) is 0 Å². The van der Waals surface area contributed by atoms with Crippen molar-refractivity contribution in [1.82, 2.24) is 10.2 Å². The molecular formula is C25H35N3O2. The molecule has 0 saturated carbocycles. The van der Waals surface area contributed by atoms with Crippen molar-refractivity contribution in [3.05, 3.63) is 71.0 Å². The minimum absolute atomic E-state index is 0.0131. The minimum atomic E-state index is -0.0131. The first-order valence-corrected chi connectivity index (χ1v) is 10.7. The van der Waals surface area contributed by atoms with E-state index in [0.29, 0.717) is 19.1 Å². The Morgan fingerprint density at radius 3 is 2.63 bits per heavy atom. The van der Waals surface area contributed by atoms with Crippen LogP contribution in [0.4, 0.5) is 0 Å². The summed E-state index contributed by atoms with van der Waals surface area (Å²) in [6, 6.07) is 10.8. The molecule has 3 rings (SSSR count). The van der Waals surface area contributed by atoms with Gasteiger partial charge in [-0.25, -0.2) is 0 Å². The van der Waals surface area contributed by atoms with Gasteiger partial charge >= 0.3 is 0 Å². The lowest BCUT2D eigenvalue weighted by Crippen LogP contribution is -2.25. The van der Waals surface area contributed by atoms with Gasteiger partial charge in [-0.3, -0.25) is 9.79 Å². The number of aliphatic hydroxyl groups is 1. The monoisotopic (exact) mass is 409 g/mol. The molecule has 5 nitrogen and oxygen atoms in total. The van der Waals surface area contributed by atoms with Gasteiger partial charge in [0, 0.05) is 43.2 Å². The molecule has 2 aliphatic heterocycles. The van der Waals surface area contributed by atoms with E-state index in [1.54, 1.807) is 0 Å². The summed E-state index contributed by atoms with van der Waals surface area (Å²) in [5, 5.41) is 9.98. The zero-order valence-corrected chi connectivity index (χ0v) is 18.7. The van der Waals surface area contributed by atoms with Crippen molar-refractivity contribution in [2.24, 2.45) is 4.99 Å². The summed E-state index contributed by atoms with van der Waals surface area (Å²) in [7, 11) is 1.00. The van der Waals surface area contributed by atoms with Crippen LogP contribution in [0.25, 0.3) is 0 Å². The van der Waals surface area contributed by atoms with Crippen LogP contribution in [0.2, 0.25) is 0 Å². The van der Waals surface area contributed by atoms with Crippen molar-refractivity contribution >= 4 is 11.6 Å². The average molecular weight is 410 g/mol. The van der Waals surface area contributed by atoms with E-state index in [1.165, 1.54) is 18.4 Å². The number of allylic oxidation sites excluding steroid dienone is 2. The smallest absolute Gasteiger partial charge is 0.251 e. The number of likely N-dealkylation sites (tertiary alicyclic amines) is 1. The highest BCUT2D eigenvalue weighted by atomic mass is 16.2. The highest BCUT2D eigenvalue weighted by Crippen LogP contribution is 2.27. The number of nitrogens with one attached hydrogen (secondary N) is 1. The van der Waals surface area contributed by atoms with Crippen molar-refractivity contribution in [2.45, 2.75) is 52.6 Å². The van der Waals surface area contributed by atoms with Crippen LogP contribution in [0.15, 0.2) is 70.4 Å². The zero-order valence-electron chi connectivity index (χ0n) is 18.7. The van der Waals surface area contributed by atoms with Crippen LogP contribution in [0, 0.1) is 0 Å². The van der Waals surface area contributed by atoms with E-state index in [9.17, 15) is 4.79 Å². The number of benzene rings is 1. The summed E-state index contributed by atoms with van der Waals surface area (Å²) in [4.78, 5) is 19.6. The Morgan fingerprint density at radius 2 is 2.03 bits per heavy atom. The fraction of sp³-hybridized carbons (Fsp3) is 0.440. The molecule has 0 spiro atoms. The standard InChI is InChI=1S/C24H31N3O.CH4O/c1-5-23(25-15-20-11-7-6-8-12-20)19(4)22-16-26-24(28)21(22)14-18(3)27-13-9-10-17(27)2;1-2/h6-8,11-12,14,17H,3,5,9-10,13,15-16H2,1-2,4H3,(H,26,28);2H,1H3/b21-14+,22-19+,25-23?;. The van der Waals surface area contributed by atoms with Crippen molar-refractivity contribution in [3.63, 3.8) is 0 Å². The van der Waals surface area contributed by atoms with E-state index in [1.807, 2.05) is 24.3 Å². The molecule has 0 aliphatic carbocycles. The fourth-order valence-corrected chi connectivity index (χ4v) is 4.03. The Labute approximate surface area is 180 Å². The highest BCUT2D eigenvalue weighted by Gasteiger charge is 2.27. The number of amides is 1. The number of aliphatic hydroxyl groups excluding tert-OH is 1. The Hall–Kier alpha value is -2.66. The number of carbonyl (C=O) groups is 1. The molecule has 0 radical (unpaired) electrons. The number of rotatable bonds is 6. The number of carbonyl (C=O) groups excluding carboxylic acids is 1. The summed E-state index contributed by atoms with van der Waals surface area (Å²) in [5.74, 6) is -0.0131. The molecular weight excluding hydrogens is 374 g/mol. The van der Waals surface area contributed by atoms with Crippen molar-refractivity contribution in [3.8, 4) is 0 Å². The van der Waals surface area contributed by atoms with E-state index in [0.717, 1.165) is 48.2 Å². The van der Waals surface area contributed by atoms with Crippen molar-refractivity contribution in [1.29, 1.82) is 0 Å². The maximum atomic E-state index is 12.5. The maximum absolute atomic E-state index is 12.5. The Bertz CT molecular complexity index is 837. The summed E-state index contributed by atoms with van der Waals surface area (Å²) in [6.07, 6.45) is 5.17. The lowest BCUT2D eigenvalue weighted by atomic mass is 9.97. The van der Waals surface area contributed by atoms with Gasteiger partial charge in [-0.05, 0) is 55.9 Å². The van der Waals surface area contributed by atoms with Crippen molar-refractivity contribution < 1.29 is 9.90 Å². The van der Waals surface area contributed by atoms with Crippen LogP contribution in [-0.2, 0) is 11.3 Å². The Morgan fingerprint density at radius 1 is 1.33 bits per heavy atom. The van der Waals surface area contributed by atoms with E-state index < -0.39 is 0 Å². The molecule has 2 saturated heterocycles. The van der Waals surface area contributed by atoms with E-state index in [-0.39, 0.29) is 5.91 Å². The first-order valence-electron chi connectivity index (χ1n) is 10.7. The molecule has 2 fully saturated rings. The number of hydrogen-bond donors (Lipinski definition) is 2. The molecule has 1 aromatic rings. The molecule has 162 valence electrons. The second-order valence-electron chi connectivity index (χ2n) is 7.62. The maximum Gasteiger partial charge on any atom is 0.251 e. The quantitative estimate of drug-likeness (QED) is 0.551. The molecule has 0 aromatic heterocycles. The van der Waals surface area contributed by atoms with E-state index >= 15 is 0 Å². The Kier molecular flexibility index (Phi) is 9.06. The second-order valence-corrected chi connectivity index (χ2v) is 7.62. The normalized spacial score (nSPS) is 22.0. The molecule has 2 heterocycles. The largest absolute Gasteiger partial charge is 0.400 e. The molecule has 5 heteroatoms. The van der Waals surface area contributed by atoms with E-state index in [2.05, 4.69) is 49.7 Å². The average Bonchev–Trinajstić information content (AvgIpc) is 3.36. The van der Waals surface area contributed by atoms with Crippen LogP contribution < -0.4 is 5.32 Å². The molecule has 1 aromatic carbocycles. The number of nitrogens with zero attached hydrogens (tertiary/aromatic N) is 2. The first kappa shape index (κ1) is 23.6. The molecule has 1 atom stereocenters. The topological polar surface area (TPSA) is 64.9 Å². The predicted molar refractivity (Wildman–Crippen MR) is 124 cm³/mol. The minimum Gasteiger partial charge on any atom is -0.400 e. The van der Waals surface area contributed by atoms with Gasteiger partial charge in [-0.15, -0.1) is 0 Å². The SMILES string of the molecule is C=C(/C=C1/C(=O)NC/C1=C(/C)C(CC)=NCc1ccccc1)N1CCCC1C.CO. The highest BCUT2D eigenvalue weighted by molar-refractivity contribution is 6.07. The van der Waals surface area contributed by atoms with Crippen LogP contribution >= 0.6 is 0 Å². The van der Waals surface area contributed by atoms with Gasteiger partial charge in [0.05, 0.1) is 6.54 Å². The first-order chi connectivity index (χ1) is 14.5. The summed E-state index contributed by atoms with van der Waals surface area (Å²) in [5.41, 5.74) is 6.07. The van der Waals surface area contributed by atoms with Crippen LogP contribution in [0.1, 0.15) is 45.6 Å². The van der Waals surface area contributed by atoms with E-state index in [4.69, 9.17) is 10.1 Å². The molecule has 2 N–H and O–H groups in total. The third kappa shape index (κ3) is 5.70. The van der Waals surface area contributed by atoms with Gasteiger partial charge in [0.15, 0.2) is 0 Å². The number of hydrogen-bond acceptors (Lipinski definition) is 4. The summed E-state index contributed by atoms with van der Waals surface area (Å²) < 4.78 is 0. The van der Waals surface area contributed by atoms with Gasteiger partial charge in [0.2, 0.25) is 0 Å². The third-order valence-corrected chi connectivity index (χ3v) is 5.74. The molecule has 0 bridgehead atoms. The second kappa shape index (κ2) is 11.5. The number of aliphatic imine (C=N–C) groups is 1. The van der Waals surface area contributed by atoms with Gasteiger partial charge < -0.3 is 15.3 Å². The molecule has 1 unspecified atom stereocenters. The van der Waals surface area contributed by atoms with Gasteiger partial charge in [0.1, 0.15) is 0 Å². The Balaban J connectivity index is 0.00000155. The lowest BCUT2D eigenvalue weighted by Gasteiger charge is -2.24. The molecule has 30 heavy (non-hydrogen) atoms. The van der Waals surface area contributed by atoms with Gasteiger partial charge in [0.25, 0.3) is 5.91 Å². The zero-order chi connectivity index (χ0) is 22.1. The van der Waals surface area contributed by atoms with Gasteiger partial charge in [-0.1, -0.05) is 43.8 Å². The summed E-state index contributed by atoms with van der Waals surface area (Å²) >= 11 is 0. The molecule has 2 aliphatic rings. The van der Waals surface area contributed by atoms with Crippen LogP contribution in [0.5, 0.6) is 0 Å². The fourth-order valence-electron chi connectivity index (χ4n) is 4.03. The molecule has 1 amide bonds. The summed E-state index contributed by atoms with van der Waals surface area (Å²) in [6.45, 7) is 12.9. The van der Waals surface area contributed by atoms with Crippen LogP contribution in [0.3, 0.4) is 0 Å². The van der Waals surface area contributed by atoms with Crippen molar-refractivity contribution in [2.75, 3.05) is 20.2 Å². The predicted octanol–water partition coefficient (Wildman–Crippen LogP) is 4.02. The third-order valence-electron chi connectivity index (χ3n) is 5.74. The van der Waals surface area contributed by atoms with Crippen LogP contribution in [-0.4, -0.2) is 47.9 Å². The lowest BCUT2D eigenvalue weighted by molar-refractivity contribution is -0.116.